The molecule has 0 amide bonds. The average Bonchev–Trinajstić information content (AvgIpc) is 2.18. The van der Waals surface area contributed by atoms with Crippen molar-refractivity contribution >= 4 is 15.9 Å². The largest absolute Gasteiger partial charge is 0.247 e. The molecular formula is C7H8BrF. The fourth-order valence-corrected chi connectivity index (χ4v) is 4.21. The van der Waals surface area contributed by atoms with Crippen LogP contribution in [0.1, 0.15) is 6.42 Å². The quantitative estimate of drug-likeness (QED) is 0.513. The molecule has 4 aliphatic rings. The van der Waals surface area contributed by atoms with Crippen molar-refractivity contribution in [2.75, 3.05) is 0 Å². The highest BCUT2D eigenvalue weighted by Crippen LogP contribution is 2.73. The molecule has 4 fully saturated rings. The first-order chi connectivity index (χ1) is 4.30. The van der Waals surface area contributed by atoms with Gasteiger partial charge in [-0.3, -0.25) is 0 Å². The molecule has 0 N–H and O–H groups in total. The van der Waals surface area contributed by atoms with Crippen LogP contribution < -0.4 is 0 Å². The van der Waals surface area contributed by atoms with Crippen LogP contribution in [-0.4, -0.2) is 11.0 Å². The zero-order valence-electron chi connectivity index (χ0n) is 4.93. The van der Waals surface area contributed by atoms with Crippen molar-refractivity contribution in [3.63, 3.8) is 0 Å². The molecule has 9 heavy (non-hydrogen) atoms. The SMILES string of the molecule is F[C@@H]1C2C3[C@@H]2C[C@@H]1[C@@H]3Br. The van der Waals surface area contributed by atoms with Crippen molar-refractivity contribution in [3.8, 4) is 0 Å². The topological polar surface area (TPSA) is 0 Å². The molecule has 0 radical (unpaired) electrons. The summed E-state index contributed by atoms with van der Waals surface area (Å²) in [5, 5.41) is 0. The number of rotatable bonds is 0. The summed E-state index contributed by atoms with van der Waals surface area (Å²) in [7, 11) is 0. The Labute approximate surface area is 61.9 Å². The van der Waals surface area contributed by atoms with Crippen molar-refractivity contribution in [1.82, 2.24) is 0 Å². The molecule has 0 saturated heterocycles. The monoisotopic (exact) mass is 190 g/mol. The molecule has 4 saturated carbocycles. The van der Waals surface area contributed by atoms with Crippen LogP contribution in [0.5, 0.6) is 0 Å². The molecular weight excluding hydrogens is 183 g/mol. The molecule has 50 valence electrons. The van der Waals surface area contributed by atoms with E-state index in [0.717, 1.165) is 11.8 Å². The molecule has 4 rings (SSSR count). The Bertz CT molecular complexity index is 150. The second-order valence-corrected chi connectivity index (χ2v) is 4.66. The molecule has 0 spiro atoms. The summed E-state index contributed by atoms with van der Waals surface area (Å²) in [5.74, 6) is 2.41. The second-order valence-electron chi connectivity index (χ2n) is 3.61. The smallest absolute Gasteiger partial charge is 0.107 e. The maximum absolute atomic E-state index is 13.0. The van der Waals surface area contributed by atoms with Crippen molar-refractivity contribution in [2.24, 2.45) is 23.7 Å². The molecule has 4 aliphatic carbocycles. The van der Waals surface area contributed by atoms with E-state index < -0.39 is 6.17 Å². The predicted molar refractivity (Wildman–Crippen MR) is 36.2 cm³/mol. The lowest BCUT2D eigenvalue weighted by Gasteiger charge is -2.06. The summed E-state index contributed by atoms with van der Waals surface area (Å²) in [6.07, 6.45) is 0.733. The lowest BCUT2D eigenvalue weighted by atomic mass is 10.1. The van der Waals surface area contributed by atoms with Gasteiger partial charge in [0.05, 0.1) is 0 Å². The molecule has 2 unspecified atom stereocenters. The Morgan fingerprint density at radius 3 is 2.11 bits per heavy atom. The normalized spacial score (nSPS) is 75.3. The van der Waals surface area contributed by atoms with E-state index in [4.69, 9.17) is 0 Å². The molecule has 0 aromatic rings. The summed E-state index contributed by atoms with van der Waals surface area (Å²) >= 11 is 3.55. The Morgan fingerprint density at radius 2 is 2.00 bits per heavy atom. The third-order valence-electron chi connectivity index (χ3n) is 3.39. The van der Waals surface area contributed by atoms with Crippen LogP contribution in [0.4, 0.5) is 4.39 Å². The van der Waals surface area contributed by atoms with Gasteiger partial charge in [-0.2, -0.15) is 0 Å². The highest BCUT2D eigenvalue weighted by Gasteiger charge is 2.73. The van der Waals surface area contributed by atoms with Gasteiger partial charge < -0.3 is 0 Å². The highest BCUT2D eigenvalue weighted by molar-refractivity contribution is 9.09. The molecule has 4 bridgehead atoms. The minimum absolute atomic E-state index is 0.394. The molecule has 0 aromatic carbocycles. The van der Waals surface area contributed by atoms with E-state index in [2.05, 4.69) is 15.9 Å². The van der Waals surface area contributed by atoms with Gasteiger partial charge in [-0.05, 0) is 24.2 Å². The van der Waals surface area contributed by atoms with E-state index in [1.165, 1.54) is 6.42 Å². The van der Waals surface area contributed by atoms with Crippen LogP contribution in [0.3, 0.4) is 0 Å². The molecule has 0 aliphatic heterocycles. The van der Waals surface area contributed by atoms with E-state index in [-0.39, 0.29) is 0 Å². The zero-order valence-corrected chi connectivity index (χ0v) is 6.51. The summed E-state index contributed by atoms with van der Waals surface area (Å²) in [6.45, 7) is 0. The first kappa shape index (κ1) is 5.11. The minimum Gasteiger partial charge on any atom is -0.247 e. The van der Waals surface area contributed by atoms with Crippen molar-refractivity contribution in [1.29, 1.82) is 0 Å². The number of alkyl halides is 2. The summed E-state index contributed by atoms with van der Waals surface area (Å²) < 4.78 is 13.0. The molecule has 6 atom stereocenters. The molecule has 0 heterocycles. The average molecular weight is 191 g/mol. The van der Waals surface area contributed by atoms with E-state index in [9.17, 15) is 4.39 Å². The molecule has 0 aromatic heterocycles. The standard InChI is InChI=1S/C7H8BrF/c8-6-3-1-2-4(6)5(2)7(3)9/h2-7H,1H2/t2-,3+,4?,5?,6-,7-/m0/s1. The van der Waals surface area contributed by atoms with E-state index >= 15 is 0 Å². The maximum Gasteiger partial charge on any atom is 0.107 e. The van der Waals surface area contributed by atoms with Crippen LogP contribution in [0.25, 0.3) is 0 Å². The predicted octanol–water partition coefficient (Wildman–Crippen LogP) is 1.98. The molecule has 0 nitrogen and oxygen atoms in total. The number of hydrogen-bond donors (Lipinski definition) is 0. The Hall–Kier alpha value is 0.410. The van der Waals surface area contributed by atoms with Gasteiger partial charge >= 0.3 is 0 Å². The van der Waals surface area contributed by atoms with Crippen LogP contribution in [0.2, 0.25) is 0 Å². The lowest BCUT2D eigenvalue weighted by molar-refractivity contribution is 0.274. The van der Waals surface area contributed by atoms with Crippen LogP contribution >= 0.6 is 15.9 Å². The van der Waals surface area contributed by atoms with Gasteiger partial charge in [-0.25, -0.2) is 4.39 Å². The summed E-state index contributed by atoms with van der Waals surface area (Å²) in [4.78, 5) is 0.544. The third kappa shape index (κ3) is 0.374. The first-order valence-corrected chi connectivity index (χ1v) is 4.50. The lowest BCUT2D eigenvalue weighted by Crippen LogP contribution is -2.10. The van der Waals surface area contributed by atoms with E-state index in [0.29, 0.717) is 16.7 Å². The second kappa shape index (κ2) is 1.23. The van der Waals surface area contributed by atoms with Crippen LogP contribution in [0, 0.1) is 23.7 Å². The van der Waals surface area contributed by atoms with Gasteiger partial charge in [0.1, 0.15) is 6.17 Å². The van der Waals surface area contributed by atoms with Gasteiger partial charge in [-0.1, -0.05) is 15.9 Å². The Balaban J connectivity index is 2.07. The third-order valence-corrected chi connectivity index (χ3v) is 4.68. The van der Waals surface area contributed by atoms with Crippen molar-refractivity contribution in [3.05, 3.63) is 0 Å². The fourth-order valence-electron chi connectivity index (χ4n) is 2.96. The Morgan fingerprint density at radius 1 is 1.22 bits per heavy atom. The van der Waals surface area contributed by atoms with E-state index in [1.54, 1.807) is 0 Å². The number of halogens is 2. The van der Waals surface area contributed by atoms with Crippen LogP contribution in [-0.2, 0) is 0 Å². The summed E-state index contributed by atoms with van der Waals surface area (Å²) in [5.41, 5.74) is 0. The Kier molecular flexibility index (Phi) is 0.696. The van der Waals surface area contributed by atoms with E-state index in [1.807, 2.05) is 0 Å². The van der Waals surface area contributed by atoms with Gasteiger partial charge in [0.15, 0.2) is 0 Å². The van der Waals surface area contributed by atoms with Gasteiger partial charge in [0.2, 0.25) is 0 Å². The number of hydrogen-bond acceptors (Lipinski definition) is 0. The fraction of sp³-hybridized carbons (Fsp3) is 1.00. The minimum atomic E-state index is -0.440. The first-order valence-electron chi connectivity index (χ1n) is 3.59. The zero-order chi connectivity index (χ0) is 6.17. The van der Waals surface area contributed by atoms with Gasteiger partial charge in [-0.15, -0.1) is 0 Å². The summed E-state index contributed by atoms with van der Waals surface area (Å²) in [6, 6.07) is 0. The van der Waals surface area contributed by atoms with Crippen molar-refractivity contribution in [2.45, 2.75) is 17.4 Å². The van der Waals surface area contributed by atoms with Crippen LogP contribution in [0.15, 0.2) is 0 Å². The van der Waals surface area contributed by atoms with Crippen molar-refractivity contribution < 1.29 is 4.39 Å². The van der Waals surface area contributed by atoms with Gasteiger partial charge in [0, 0.05) is 10.7 Å². The van der Waals surface area contributed by atoms with Gasteiger partial charge in [0.25, 0.3) is 0 Å². The maximum atomic E-state index is 13.0. The molecule has 2 heteroatoms. The highest BCUT2D eigenvalue weighted by atomic mass is 79.9.